The number of hydrogen-bond acceptors (Lipinski definition) is 3. The van der Waals surface area contributed by atoms with Crippen molar-refractivity contribution < 1.29 is 49.4 Å². The fourth-order valence-corrected chi connectivity index (χ4v) is 1.89. The molecule has 0 saturated heterocycles. The number of hydrogen-bond donors (Lipinski definition) is 3. The molecule has 0 aliphatic carbocycles. The third kappa shape index (κ3) is 8.75. The second-order valence-electron chi connectivity index (χ2n) is 4.68. The first-order chi connectivity index (χ1) is 9.61. The van der Waals surface area contributed by atoms with Gasteiger partial charge >= 0.3 is 35.5 Å². The first-order valence-electron chi connectivity index (χ1n) is 6.89. The standard InChI is InChI=1S/C15H21NO4.Na/c17-13-9-6-5-8-12(13)15(20)16-11-7-3-1-2-4-10-14(18)19;/h5-6,8-9,17H,1-4,7,10-11H2,(H,16,20)(H,18,19);/q;+1. The van der Waals surface area contributed by atoms with E-state index in [1.807, 2.05) is 0 Å². The quantitative estimate of drug-likeness (QED) is 0.426. The van der Waals surface area contributed by atoms with E-state index in [1.54, 1.807) is 18.2 Å². The molecule has 1 amide bonds. The van der Waals surface area contributed by atoms with Gasteiger partial charge < -0.3 is 15.5 Å². The average Bonchev–Trinajstić information content (AvgIpc) is 2.41. The Labute approximate surface area is 147 Å². The van der Waals surface area contributed by atoms with Gasteiger partial charge in [-0.05, 0) is 25.0 Å². The van der Waals surface area contributed by atoms with Crippen LogP contribution in [-0.4, -0.2) is 28.6 Å². The molecule has 0 unspecified atom stereocenters. The zero-order valence-corrected chi connectivity index (χ0v) is 14.5. The molecule has 1 aromatic carbocycles. The number of carboxylic acid groups (broad SMARTS) is 1. The fraction of sp³-hybridized carbons (Fsp3) is 0.467. The number of nitrogens with one attached hydrogen (secondary N) is 1. The smallest absolute Gasteiger partial charge is 0.507 e. The number of benzene rings is 1. The molecular formula is C15H21NNaO4+. The topological polar surface area (TPSA) is 86.6 Å². The van der Waals surface area contributed by atoms with E-state index >= 15 is 0 Å². The molecule has 1 rings (SSSR count). The number of aromatic hydroxyl groups is 1. The first kappa shape index (κ1) is 20.0. The molecule has 0 aliphatic rings. The number of phenols is 1. The van der Waals surface area contributed by atoms with Gasteiger partial charge in [0.2, 0.25) is 0 Å². The molecule has 1 aromatic rings. The second-order valence-corrected chi connectivity index (χ2v) is 4.68. The van der Waals surface area contributed by atoms with E-state index in [0.29, 0.717) is 13.0 Å². The van der Waals surface area contributed by atoms with E-state index in [2.05, 4.69) is 5.32 Å². The minimum Gasteiger partial charge on any atom is -0.507 e. The molecule has 0 atom stereocenters. The van der Waals surface area contributed by atoms with Gasteiger partial charge in [-0.15, -0.1) is 0 Å². The molecule has 0 saturated carbocycles. The van der Waals surface area contributed by atoms with E-state index in [1.165, 1.54) is 6.07 Å². The van der Waals surface area contributed by atoms with E-state index in [9.17, 15) is 14.7 Å². The number of aliphatic carboxylic acids is 1. The van der Waals surface area contributed by atoms with Crippen LogP contribution in [0, 0.1) is 0 Å². The number of unbranched alkanes of at least 4 members (excludes halogenated alkanes) is 4. The van der Waals surface area contributed by atoms with Crippen molar-refractivity contribution in [3.05, 3.63) is 29.8 Å². The van der Waals surface area contributed by atoms with Gasteiger partial charge in [0.25, 0.3) is 5.91 Å². The van der Waals surface area contributed by atoms with Crippen LogP contribution < -0.4 is 34.9 Å². The molecule has 0 aromatic heterocycles. The van der Waals surface area contributed by atoms with Crippen molar-refractivity contribution in [1.82, 2.24) is 5.32 Å². The minimum atomic E-state index is -0.750. The number of amides is 1. The normalized spacial score (nSPS) is 9.71. The van der Waals surface area contributed by atoms with Crippen LogP contribution in [0.5, 0.6) is 5.75 Å². The van der Waals surface area contributed by atoms with Crippen molar-refractivity contribution in [2.75, 3.05) is 6.54 Å². The average molecular weight is 302 g/mol. The number of para-hydroxylation sites is 1. The SMILES string of the molecule is O=C(O)CCCCCCCNC(=O)c1ccccc1O.[Na+]. The van der Waals surface area contributed by atoms with Gasteiger partial charge in [0.05, 0.1) is 5.56 Å². The molecule has 0 radical (unpaired) electrons. The molecule has 0 heterocycles. The predicted molar refractivity (Wildman–Crippen MR) is 75.8 cm³/mol. The van der Waals surface area contributed by atoms with Crippen LogP contribution in [0.1, 0.15) is 48.9 Å². The zero-order chi connectivity index (χ0) is 14.8. The molecule has 5 nitrogen and oxygen atoms in total. The van der Waals surface area contributed by atoms with E-state index in [-0.39, 0.29) is 53.2 Å². The molecule has 0 aliphatic heterocycles. The van der Waals surface area contributed by atoms with Gasteiger partial charge in [-0.1, -0.05) is 31.4 Å². The molecule has 21 heavy (non-hydrogen) atoms. The van der Waals surface area contributed by atoms with Crippen LogP contribution in [0.4, 0.5) is 0 Å². The maximum absolute atomic E-state index is 11.7. The van der Waals surface area contributed by atoms with Crippen LogP contribution in [0.3, 0.4) is 0 Å². The maximum Gasteiger partial charge on any atom is 1.00 e. The fourth-order valence-electron chi connectivity index (χ4n) is 1.89. The van der Waals surface area contributed by atoms with Gasteiger partial charge in [0, 0.05) is 13.0 Å². The zero-order valence-electron chi connectivity index (χ0n) is 12.5. The summed E-state index contributed by atoms with van der Waals surface area (Å²) in [5, 5.41) is 20.8. The Morgan fingerprint density at radius 3 is 2.29 bits per heavy atom. The second kappa shape index (κ2) is 11.6. The number of rotatable bonds is 9. The summed E-state index contributed by atoms with van der Waals surface area (Å²) in [7, 11) is 0. The van der Waals surface area contributed by atoms with Crippen LogP contribution in [0.15, 0.2) is 24.3 Å². The third-order valence-electron chi connectivity index (χ3n) is 3.00. The molecule has 3 N–H and O–H groups in total. The first-order valence-corrected chi connectivity index (χ1v) is 6.89. The number of carboxylic acids is 1. The molecule has 110 valence electrons. The van der Waals surface area contributed by atoms with Gasteiger partial charge in [0.15, 0.2) is 0 Å². The van der Waals surface area contributed by atoms with Gasteiger partial charge in [-0.2, -0.15) is 0 Å². The Kier molecular flexibility index (Phi) is 11.0. The van der Waals surface area contributed by atoms with E-state index in [0.717, 1.165) is 25.7 Å². The predicted octanol–water partition coefficient (Wildman–Crippen LogP) is -0.449. The molecular weight excluding hydrogens is 281 g/mol. The Balaban J connectivity index is 0.00000400. The molecule has 0 fully saturated rings. The van der Waals surface area contributed by atoms with Crippen molar-refractivity contribution in [2.24, 2.45) is 0 Å². The summed E-state index contributed by atoms with van der Waals surface area (Å²) < 4.78 is 0. The van der Waals surface area contributed by atoms with Crippen molar-refractivity contribution in [1.29, 1.82) is 0 Å². The molecule has 0 bridgehead atoms. The summed E-state index contributed by atoms with van der Waals surface area (Å²) in [6.45, 7) is 0.562. The van der Waals surface area contributed by atoms with Gasteiger partial charge in [-0.25, -0.2) is 0 Å². The summed E-state index contributed by atoms with van der Waals surface area (Å²) in [5.41, 5.74) is 0.286. The van der Waals surface area contributed by atoms with Crippen molar-refractivity contribution >= 4 is 11.9 Å². The summed E-state index contributed by atoms with van der Waals surface area (Å²) in [6, 6.07) is 6.44. The van der Waals surface area contributed by atoms with E-state index in [4.69, 9.17) is 5.11 Å². The summed E-state index contributed by atoms with van der Waals surface area (Å²) in [4.78, 5) is 22.0. The maximum atomic E-state index is 11.7. The van der Waals surface area contributed by atoms with Crippen molar-refractivity contribution in [3.63, 3.8) is 0 Å². The van der Waals surface area contributed by atoms with Crippen LogP contribution in [0.2, 0.25) is 0 Å². The Morgan fingerprint density at radius 2 is 1.62 bits per heavy atom. The number of carbonyl (C=O) groups is 2. The number of phenolic OH excluding ortho intramolecular Hbond substituents is 1. The monoisotopic (exact) mass is 302 g/mol. The summed E-state index contributed by atoms with van der Waals surface area (Å²) in [5.74, 6) is -1.03. The summed E-state index contributed by atoms with van der Waals surface area (Å²) in [6.07, 6.45) is 4.62. The minimum absolute atomic E-state index is 0. The van der Waals surface area contributed by atoms with Gasteiger partial charge in [-0.3, -0.25) is 9.59 Å². The Morgan fingerprint density at radius 1 is 1.00 bits per heavy atom. The van der Waals surface area contributed by atoms with Crippen molar-refractivity contribution in [2.45, 2.75) is 38.5 Å². The Hall–Kier alpha value is -1.04. The largest absolute Gasteiger partial charge is 1.00 e. The number of carbonyl (C=O) groups excluding carboxylic acids is 1. The van der Waals surface area contributed by atoms with Crippen LogP contribution in [0.25, 0.3) is 0 Å². The van der Waals surface area contributed by atoms with Gasteiger partial charge in [0.1, 0.15) is 5.75 Å². The molecule has 6 heteroatoms. The van der Waals surface area contributed by atoms with Crippen LogP contribution >= 0.6 is 0 Å². The summed E-state index contributed by atoms with van der Waals surface area (Å²) >= 11 is 0. The third-order valence-corrected chi connectivity index (χ3v) is 3.00. The van der Waals surface area contributed by atoms with E-state index < -0.39 is 5.97 Å². The van der Waals surface area contributed by atoms with Crippen molar-refractivity contribution in [3.8, 4) is 5.75 Å². The van der Waals surface area contributed by atoms with Crippen LogP contribution in [-0.2, 0) is 4.79 Å². The molecule has 0 spiro atoms. The Bertz CT molecular complexity index is 451.